The Kier molecular flexibility index (Phi) is 17.8. The molecule has 4 aromatic heterocycles. The van der Waals surface area contributed by atoms with E-state index >= 15 is 0 Å². The van der Waals surface area contributed by atoms with Crippen LogP contribution in [-0.4, -0.2) is 28.7 Å². The fourth-order valence-electron chi connectivity index (χ4n) is 11.2. The van der Waals surface area contributed by atoms with Crippen LogP contribution in [0.3, 0.4) is 0 Å². The summed E-state index contributed by atoms with van der Waals surface area (Å²) in [6, 6.07) is 22.5. The van der Waals surface area contributed by atoms with E-state index in [2.05, 4.69) is 242 Å². The van der Waals surface area contributed by atoms with Crippen molar-refractivity contribution in [2.75, 3.05) is 0 Å². The third-order valence-electron chi connectivity index (χ3n) is 14.3. The summed E-state index contributed by atoms with van der Waals surface area (Å²) in [5.41, 5.74) is 29.8. The van der Waals surface area contributed by atoms with E-state index in [-0.39, 0.29) is 0 Å². The molecule has 0 spiro atoms. The van der Waals surface area contributed by atoms with Gasteiger partial charge < -0.3 is 9.13 Å². The number of rotatable bonds is 5. The molecule has 9 rings (SSSR count). The molecule has 0 unspecified atom stereocenters. The zero-order chi connectivity index (χ0) is 51.3. The van der Waals surface area contributed by atoms with Crippen LogP contribution in [0.2, 0.25) is 0 Å². The molecule has 0 aliphatic rings. The normalized spacial score (nSPS) is 11.0. The minimum atomic E-state index is 0.938. The quantitative estimate of drug-likeness (QED) is 0.173. The summed E-state index contributed by atoms with van der Waals surface area (Å²) in [5.74, 6) is 0. The van der Waals surface area contributed by atoms with Crippen LogP contribution in [0.1, 0.15) is 135 Å². The first-order valence-corrected chi connectivity index (χ1v) is 25.6. The van der Waals surface area contributed by atoms with Crippen molar-refractivity contribution in [3.8, 4) is 0 Å². The maximum atomic E-state index is 4.53. The van der Waals surface area contributed by atoms with Crippen LogP contribution in [0.5, 0.6) is 0 Å². The Labute approximate surface area is 416 Å². The van der Waals surface area contributed by atoms with Crippen molar-refractivity contribution in [1.82, 2.24) is 28.7 Å². The average molecular weight is 927 g/mol. The lowest BCUT2D eigenvalue weighted by atomic mass is 9.98. The molecule has 0 saturated carbocycles. The highest BCUT2D eigenvalue weighted by molar-refractivity contribution is 5.90. The Bertz CT molecular complexity index is 3240. The molecule has 0 radical (unpaired) electrons. The van der Waals surface area contributed by atoms with Gasteiger partial charge in [0.1, 0.15) is 0 Å². The van der Waals surface area contributed by atoms with Gasteiger partial charge in [0, 0.05) is 64.6 Å². The molecule has 6 nitrogen and oxygen atoms in total. The van der Waals surface area contributed by atoms with E-state index in [1.807, 2.05) is 0 Å². The fraction of sp³-hybridized carbons (Fsp3) is 0.429. The molecule has 69 heavy (non-hydrogen) atoms. The summed E-state index contributed by atoms with van der Waals surface area (Å²) in [6.45, 7) is 51.8. The minimum absolute atomic E-state index is 0.938. The lowest BCUT2D eigenvalue weighted by Crippen LogP contribution is -1.97. The number of aryl methyl sites for hydroxylation is 19. The Hall–Kier alpha value is -5.88. The van der Waals surface area contributed by atoms with E-state index in [9.17, 15) is 0 Å². The van der Waals surface area contributed by atoms with Gasteiger partial charge in [-0.25, -0.2) is 0 Å². The number of benzene rings is 5. The smallest absolute Gasteiger partial charge is 0.0714 e. The summed E-state index contributed by atoms with van der Waals surface area (Å²) in [5, 5.41) is 14.5. The summed E-state index contributed by atoms with van der Waals surface area (Å²) < 4.78 is 8.98. The molecular formula is C63H86N6. The number of hydrogen-bond donors (Lipinski definition) is 0. The van der Waals surface area contributed by atoms with Crippen molar-refractivity contribution in [1.29, 1.82) is 0 Å². The van der Waals surface area contributed by atoms with Gasteiger partial charge in [-0.2, -0.15) is 10.2 Å². The first kappa shape index (κ1) is 54.1. The highest BCUT2D eigenvalue weighted by atomic mass is 15.3. The van der Waals surface area contributed by atoms with Crippen molar-refractivity contribution in [3.05, 3.63) is 161 Å². The third kappa shape index (κ3) is 11.4. The van der Waals surface area contributed by atoms with Crippen molar-refractivity contribution >= 4 is 43.6 Å². The van der Waals surface area contributed by atoms with Crippen LogP contribution < -0.4 is 0 Å². The van der Waals surface area contributed by atoms with Gasteiger partial charge >= 0.3 is 0 Å². The van der Waals surface area contributed by atoms with Gasteiger partial charge in [-0.05, 0) is 237 Å². The van der Waals surface area contributed by atoms with E-state index in [1.54, 1.807) is 0 Å². The molecule has 5 aromatic carbocycles. The molecule has 4 heterocycles. The lowest BCUT2D eigenvalue weighted by molar-refractivity contribution is 0.675. The first-order valence-electron chi connectivity index (χ1n) is 25.6. The van der Waals surface area contributed by atoms with Crippen LogP contribution in [-0.2, 0) is 32.6 Å². The van der Waals surface area contributed by atoms with E-state index in [1.165, 1.54) is 133 Å². The molecule has 0 bridgehead atoms. The van der Waals surface area contributed by atoms with Gasteiger partial charge in [0.15, 0.2) is 0 Å². The summed E-state index contributed by atoms with van der Waals surface area (Å²) >= 11 is 0. The van der Waals surface area contributed by atoms with Crippen LogP contribution in [0, 0.1) is 118 Å². The second-order valence-corrected chi connectivity index (χ2v) is 19.9. The van der Waals surface area contributed by atoms with Gasteiger partial charge in [-0.3, -0.25) is 9.36 Å². The fourth-order valence-corrected chi connectivity index (χ4v) is 11.2. The zero-order valence-electron chi connectivity index (χ0n) is 47.0. The lowest BCUT2D eigenvalue weighted by Gasteiger charge is -2.08. The zero-order valence-corrected chi connectivity index (χ0v) is 47.0. The van der Waals surface area contributed by atoms with Crippen LogP contribution in [0.15, 0.2) is 60.7 Å². The predicted octanol–water partition coefficient (Wildman–Crippen LogP) is 16.9. The Balaban J connectivity index is 0.000000162. The van der Waals surface area contributed by atoms with Gasteiger partial charge in [-0.1, -0.05) is 60.0 Å². The standard InChI is InChI=1S/2C14H19N.2C12H16N2.C11H16/c1-6-15-12(5)11(4)14-10(3)7-9(2)8-13(14)15;1-6-15-12(5)11(4)13-8-9(2)7-10(3)14(13)15;1-5-14-11-7-8(2)6-9(3)12(11)10(4)13-14;1-5-14-12-9(3)6-8(2)7-11(12)10(4)13-14;1-5-11-9(3)6-8(2)7-10(11)4/h2*7-8H,6H2,1-5H3;2*6-7H,5H2,1-4H3;6-7H,5H2,1-4H3. The third-order valence-corrected chi connectivity index (χ3v) is 14.3. The van der Waals surface area contributed by atoms with Crippen LogP contribution in [0.25, 0.3) is 43.6 Å². The van der Waals surface area contributed by atoms with E-state index in [0.717, 1.165) is 44.0 Å². The maximum absolute atomic E-state index is 4.53. The van der Waals surface area contributed by atoms with Gasteiger partial charge in [0.2, 0.25) is 0 Å². The van der Waals surface area contributed by atoms with Crippen LogP contribution in [0.4, 0.5) is 0 Å². The molecule has 0 aliphatic heterocycles. The maximum Gasteiger partial charge on any atom is 0.0714 e. The molecular weight excluding hydrogens is 841 g/mol. The van der Waals surface area contributed by atoms with Gasteiger partial charge in [0.05, 0.1) is 27.9 Å². The molecule has 0 fully saturated rings. The largest absolute Gasteiger partial charge is 0.345 e. The Morgan fingerprint density at radius 3 is 1.29 bits per heavy atom. The molecule has 368 valence electrons. The van der Waals surface area contributed by atoms with Gasteiger partial charge in [-0.15, -0.1) is 0 Å². The molecule has 0 atom stereocenters. The highest BCUT2D eigenvalue weighted by Crippen LogP contribution is 2.31. The second kappa shape index (κ2) is 22.7. The predicted molar refractivity (Wildman–Crippen MR) is 302 cm³/mol. The van der Waals surface area contributed by atoms with E-state index < -0.39 is 0 Å². The highest BCUT2D eigenvalue weighted by Gasteiger charge is 2.14. The molecule has 0 aliphatic carbocycles. The van der Waals surface area contributed by atoms with Crippen molar-refractivity contribution in [2.45, 2.75) is 185 Å². The van der Waals surface area contributed by atoms with Crippen molar-refractivity contribution in [3.63, 3.8) is 0 Å². The van der Waals surface area contributed by atoms with Crippen molar-refractivity contribution in [2.24, 2.45) is 0 Å². The molecule has 0 amide bonds. The average Bonchev–Trinajstić information content (AvgIpc) is 3.94. The van der Waals surface area contributed by atoms with Gasteiger partial charge in [0.25, 0.3) is 0 Å². The number of nitrogens with zero attached hydrogens (tertiary/aromatic N) is 6. The Morgan fingerprint density at radius 2 is 0.768 bits per heavy atom. The first-order chi connectivity index (χ1) is 32.5. The SMILES string of the molecule is CCc1c(C)cc(C)cc1C.CCn1c(C)c(C)c2c(C)cc(C)cc21.CCn1c(C)c(C)c2cc(C)cc(C)c21.CCn1nc(C)c2c(C)cc(C)cc21.CCn1nc(C)c2cc(C)cc(C)c21. The topological polar surface area (TPSA) is 45.5 Å². The summed E-state index contributed by atoms with van der Waals surface area (Å²) in [6.07, 6.45) is 1.15. The summed E-state index contributed by atoms with van der Waals surface area (Å²) in [7, 11) is 0. The minimum Gasteiger partial charge on any atom is -0.345 e. The number of hydrogen-bond acceptors (Lipinski definition) is 2. The monoisotopic (exact) mass is 927 g/mol. The van der Waals surface area contributed by atoms with E-state index in [4.69, 9.17) is 0 Å². The van der Waals surface area contributed by atoms with Crippen LogP contribution >= 0.6 is 0 Å². The Morgan fingerprint density at radius 1 is 0.348 bits per heavy atom. The molecule has 6 heteroatoms. The molecule has 0 saturated heterocycles. The van der Waals surface area contributed by atoms with E-state index in [0.29, 0.717) is 0 Å². The second-order valence-electron chi connectivity index (χ2n) is 19.9. The van der Waals surface area contributed by atoms with Crippen molar-refractivity contribution < 1.29 is 0 Å². The number of aromatic nitrogens is 6. The molecule has 0 N–H and O–H groups in total. The molecule has 9 aromatic rings. The number of fused-ring (bicyclic) bond motifs is 4. The summed E-state index contributed by atoms with van der Waals surface area (Å²) in [4.78, 5) is 0.